The van der Waals surface area contributed by atoms with Crippen LogP contribution in [0.25, 0.3) is 0 Å². The number of non-ortho nitro benzene ring substituents is 1. The highest BCUT2D eigenvalue weighted by molar-refractivity contribution is 5.86. The number of benzene rings is 1. The number of ether oxygens (including phenoxy) is 1. The summed E-state index contributed by atoms with van der Waals surface area (Å²) >= 11 is 0. The van der Waals surface area contributed by atoms with Gasteiger partial charge in [0.1, 0.15) is 11.6 Å². The lowest BCUT2D eigenvalue weighted by atomic mass is 10.2. The third kappa shape index (κ3) is 3.21. The summed E-state index contributed by atoms with van der Waals surface area (Å²) in [7, 11) is 0. The molecule has 0 amide bonds. The lowest BCUT2D eigenvalue weighted by molar-refractivity contribution is -0.384. The molecule has 102 valence electrons. The smallest absolute Gasteiger partial charge is 0.331 e. The van der Waals surface area contributed by atoms with Crippen LogP contribution in [-0.4, -0.2) is 29.1 Å². The summed E-state index contributed by atoms with van der Waals surface area (Å²) in [6.07, 6.45) is 0. The molecule has 1 aromatic carbocycles. The zero-order valence-electron chi connectivity index (χ0n) is 11.1. The maximum absolute atomic E-state index is 11.8. The molecule has 0 spiro atoms. The largest absolute Gasteiger partial charge is 0.458 e. The number of anilines is 1. The Bertz CT molecular complexity index is 504. The van der Waals surface area contributed by atoms with Crippen LogP contribution in [0.2, 0.25) is 0 Å². The van der Waals surface area contributed by atoms with Gasteiger partial charge in [0.15, 0.2) is 0 Å². The molecular formula is C13H16N2O4. The Morgan fingerprint density at radius 2 is 1.95 bits per heavy atom. The Morgan fingerprint density at radius 1 is 1.37 bits per heavy atom. The van der Waals surface area contributed by atoms with Crippen LogP contribution < -0.4 is 4.90 Å². The first-order chi connectivity index (χ1) is 8.78. The van der Waals surface area contributed by atoms with E-state index in [1.54, 1.807) is 12.1 Å². The second kappa shape index (κ2) is 4.53. The van der Waals surface area contributed by atoms with E-state index in [0.717, 1.165) is 5.69 Å². The van der Waals surface area contributed by atoms with Gasteiger partial charge in [0.2, 0.25) is 0 Å². The highest BCUT2D eigenvalue weighted by atomic mass is 16.6. The van der Waals surface area contributed by atoms with Crippen molar-refractivity contribution in [1.82, 2.24) is 0 Å². The van der Waals surface area contributed by atoms with Crippen LogP contribution in [0.1, 0.15) is 20.8 Å². The number of esters is 1. The van der Waals surface area contributed by atoms with Crippen LogP contribution in [0.15, 0.2) is 24.3 Å². The highest BCUT2D eigenvalue weighted by Gasteiger charge is 2.43. The summed E-state index contributed by atoms with van der Waals surface area (Å²) in [6, 6.07) is 5.87. The molecule has 1 saturated heterocycles. The third-order valence-corrected chi connectivity index (χ3v) is 2.68. The fourth-order valence-corrected chi connectivity index (χ4v) is 1.76. The van der Waals surface area contributed by atoms with E-state index in [9.17, 15) is 14.9 Å². The lowest BCUT2D eigenvalue weighted by Gasteiger charge is -2.19. The molecule has 19 heavy (non-hydrogen) atoms. The molecule has 0 unspecified atom stereocenters. The van der Waals surface area contributed by atoms with Gasteiger partial charge in [-0.25, -0.2) is 4.79 Å². The topological polar surface area (TPSA) is 72.5 Å². The van der Waals surface area contributed by atoms with Crippen LogP contribution in [0.5, 0.6) is 0 Å². The predicted octanol–water partition coefficient (Wildman–Crippen LogP) is 2.13. The number of hydrogen-bond acceptors (Lipinski definition) is 5. The number of nitrogens with zero attached hydrogens (tertiary/aromatic N) is 2. The van der Waals surface area contributed by atoms with Crippen LogP contribution in [0.4, 0.5) is 11.4 Å². The Kier molecular flexibility index (Phi) is 3.18. The molecule has 0 N–H and O–H groups in total. The number of carbonyl (C=O) groups excluding carboxylic acids is 1. The van der Waals surface area contributed by atoms with Gasteiger partial charge < -0.3 is 9.64 Å². The molecule has 0 radical (unpaired) electrons. The minimum Gasteiger partial charge on any atom is -0.458 e. The van der Waals surface area contributed by atoms with Crippen LogP contribution in [0.3, 0.4) is 0 Å². The van der Waals surface area contributed by atoms with Crippen molar-refractivity contribution in [2.24, 2.45) is 0 Å². The van der Waals surface area contributed by atoms with Gasteiger partial charge in [-0.05, 0) is 32.9 Å². The van der Waals surface area contributed by atoms with E-state index in [-0.39, 0.29) is 17.7 Å². The average molecular weight is 264 g/mol. The fraction of sp³-hybridized carbons (Fsp3) is 0.462. The molecule has 1 heterocycles. The highest BCUT2D eigenvalue weighted by Crippen LogP contribution is 2.30. The molecule has 1 fully saturated rings. The van der Waals surface area contributed by atoms with Gasteiger partial charge in [0.25, 0.3) is 5.69 Å². The maximum atomic E-state index is 11.8. The monoisotopic (exact) mass is 264 g/mol. The summed E-state index contributed by atoms with van der Waals surface area (Å²) < 4.78 is 5.29. The van der Waals surface area contributed by atoms with E-state index in [0.29, 0.717) is 6.54 Å². The number of rotatable bonds is 3. The summed E-state index contributed by atoms with van der Waals surface area (Å²) in [6.45, 7) is 6.06. The van der Waals surface area contributed by atoms with E-state index < -0.39 is 10.5 Å². The zero-order valence-corrected chi connectivity index (χ0v) is 11.1. The van der Waals surface area contributed by atoms with E-state index in [1.165, 1.54) is 12.1 Å². The quantitative estimate of drug-likeness (QED) is 0.362. The van der Waals surface area contributed by atoms with Gasteiger partial charge >= 0.3 is 5.97 Å². The first-order valence-corrected chi connectivity index (χ1v) is 6.02. The maximum Gasteiger partial charge on any atom is 0.331 e. The van der Waals surface area contributed by atoms with E-state index >= 15 is 0 Å². The molecule has 1 aromatic rings. The second-order valence-electron chi connectivity index (χ2n) is 5.48. The summed E-state index contributed by atoms with van der Waals surface area (Å²) in [4.78, 5) is 23.8. The number of nitro benzene ring substituents is 1. The minimum atomic E-state index is -0.499. The lowest BCUT2D eigenvalue weighted by Crippen LogP contribution is -2.28. The van der Waals surface area contributed by atoms with Crippen molar-refractivity contribution in [2.75, 3.05) is 11.4 Å². The standard InChI is InChI=1S/C13H16N2O4/c1-13(2,3)19-12(16)11-8-14(11)9-4-6-10(7-5-9)15(17)18/h4-7,11H,8H2,1-3H3/t11-,14?/m1/s1. The summed E-state index contributed by atoms with van der Waals surface area (Å²) in [5.41, 5.74) is 0.335. The minimum absolute atomic E-state index is 0.0411. The van der Waals surface area contributed by atoms with Crippen molar-refractivity contribution in [3.63, 3.8) is 0 Å². The molecule has 6 nitrogen and oxygen atoms in total. The van der Waals surface area contributed by atoms with Crippen molar-refractivity contribution < 1.29 is 14.5 Å². The van der Waals surface area contributed by atoms with Crippen molar-refractivity contribution in [3.05, 3.63) is 34.4 Å². The molecule has 6 heteroatoms. The molecule has 0 bridgehead atoms. The van der Waals surface area contributed by atoms with E-state index in [2.05, 4.69) is 0 Å². The van der Waals surface area contributed by atoms with Gasteiger partial charge in [0.05, 0.1) is 11.5 Å². The third-order valence-electron chi connectivity index (χ3n) is 2.68. The summed E-state index contributed by atoms with van der Waals surface area (Å²) in [5.74, 6) is -0.258. The molecular weight excluding hydrogens is 248 g/mol. The van der Waals surface area contributed by atoms with Crippen LogP contribution in [0, 0.1) is 10.1 Å². The van der Waals surface area contributed by atoms with Gasteiger partial charge in [-0.15, -0.1) is 0 Å². The van der Waals surface area contributed by atoms with Gasteiger partial charge in [-0.2, -0.15) is 0 Å². The Hall–Kier alpha value is -2.11. The fourth-order valence-electron chi connectivity index (χ4n) is 1.76. The number of nitro groups is 1. The first-order valence-electron chi connectivity index (χ1n) is 6.02. The second-order valence-corrected chi connectivity index (χ2v) is 5.48. The number of carbonyl (C=O) groups is 1. The van der Waals surface area contributed by atoms with Crippen LogP contribution >= 0.6 is 0 Å². The van der Waals surface area contributed by atoms with Gasteiger partial charge in [-0.1, -0.05) is 0 Å². The average Bonchev–Trinajstić information content (AvgIpc) is 3.06. The van der Waals surface area contributed by atoms with Crippen molar-refractivity contribution in [2.45, 2.75) is 32.4 Å². The molecule has 1 aliphatic rings. The molecule has 2 rings (SSSR count). The van der Waals surface area contributed by atoms with Crippen molar-refractivity contribution >= 4 is 17.3 Å². The Morgan fingerprint density at radius 3 is 2.42 bits per heavy atom. The van der Waals surface area contributed by atoms with Crippen LogP contribution in [-0.2, 0) is 9.53 Å². The molecule has 0 saturated carbocycles. The van der Waals surface area contributed by atoms with E-state index in [1.807, 2.05) is 25.7 Å². The molecule has 0 aromatic heterocycles. The summed E-state index contributed by atoms with van der Waals surface area (Å²) in [5, 5.41) is 10.5. The van der Waals surface area contributed by atoms with E-state index in [4.69, 9.17) is 4.74 Å². The van der Waals surface area contributed by atoms with Crippen molar-refractivity contribution in [1.29, 1.82) is 0 Å². The SMILES string of the molecule is CC(C)(C)OC(=O)[C@H]1CN1c1ccc([N+](=O)[O-])cc1. The Balaban J connectivity index is 1.99. The van der Waals surface area contributed by atoms with Gasteiger partial charge in [0, 0.05) is 17.8 Å². The molecule has 1 atom stereocenters. The van der Waals surface area contributed by atoms with Gasteiger partial charge in [-0.3, -0.25) is 10.1 Å². The van der Waals surface area contributed by atoms with Crippen molar-refractivity contribution in [3.8, 4) is 0 Å². The molecule has 0 aliphatic carbocycles. The number of hydrogen-bond donors (Lipinski definition) is 0. The predicted molar refractivity (Wildman–Crippen MR) is 70.1 cm³/mol. The molecule has 1 aliphatic heterocycles. The first kappa shape index (κ1) is 13.3. The normalized spacial score (nSPS) is 18.1. The Labute approximate surface area is 111 Å². The zero-order chi connectivity index (χ0) is 14.2.